The average Bonchev–Trinajstić information content (AvgIpc) is 2.59. The zero-order valence-electron chi connectivity index (χ0n) is 14.5. The number of aliphatic imine (C=N–C) groups is 1. The standard InChI is InChI=1S/C18H22N4O3S/c1-26(23,24)22-14-6-4-5-13(11-14)12-20-18(19)21-16-9-10-25-17-8-3-2-7-15(16)17/h2-8,11,16,22H,9-10,12H2,1H3,(H3,19,20,21). The van der Waals surface area contributed by atoms with Crippen LogP contribution in [0.4, 0.5) is 5.69 Å². The van der Waals surface area contributed by atoms with Crippen molar-refractivity contribution in [2.24, 2.45) is 10.7 Å². The van der Waals surface area contributed by atoms with Gasteiger partial charge in [0.05, 0.1) is 25.4 Å². The summed E-state index contributed by atoms with van der Waals surface area (Å²) < 4.78 is 30.7. The second-order valence-corrected chi connectivity index (χ2v) is 7.90. The predicted molar refractivity (Wildman–Crippen MR) is 103 cm³/mol. The average molecular weight is 374 g/mol. The minimum Gasteiger partial charge on any atom is -0.493 e. The molecule has 0 aliphatic carbocycles. The Kier molecular flexibility index (Phi) is 5.32. The molecule has 138 valence electrons. The van der Waals surface area contributed by atoms with Gasteiger partial charge in [0.15, 0.2) is 5.96 Å². The van der Waals surface area contributed by atoms with Gasteiger partial charge in [-0.05, 0) is 23.8 Å². The minimum atomic E-state index is -3.31. The van der Waals surface area contributed by atoms with Crippen LogP contribution in [0.1, 0.15) is 23.6 Å². The number of rotatable bonds is 5. The Morgan fingerprint density at radius 1 is 1.27 bits per heavy atom. The third kappa shape index (κ3) is 4.89. The summed E-state index contributed by atoms with van der Waals surface area (Å²) in [6.07, 6.45) is 1.92. The highest BCUT2D eigenvalue weighted by atomic mass is 32.2. The van der Waals surface area contributed by atoms with E-state index in [0.29, 0.717) is 24.8 Å². The molecule has 0 aromatic heterocycles. The molecule has 1 aliphatic rings. The first-order valence-electron chi connectivity index (χ1n) is 8.25. The van der Waals surface area contributed by atoms with Gasteiger partial charge in [0.25, 0.3) is 0 Å². The van der Waals surface area contributed by atoms with E-state index in [4.69, 9.17) is 10.5 Å². The van der Waals surface area contributed by atoms with E-state index >= 15 is 0 Å². The lowest BCUT2D eigenvalue weighted by Crippen LogP contribution is -2.37. The fourth-order valence-electron chi connectivity index (χ4n) is 2.84. The molecule has 3 rings (SSSR count). The topological polar surface area (TPSA) is 106 Å². The maximum Gasteiger partial charge on any atom is 0.229 e. The second-order valence-electron chi connectivity index (χ2n) is 6.15. The summed E-state index contributed by atoms with van der Waals surface area (Å²) in [5.74, 6) is 1.21. The molecule has 1 heterocycles. The maximum absolute atomic E-state index is 11.3. The van der Waals surface area contributed by atoms with Crippen molar-refractivity contribution in [3.05, 3.63) is 59.7 Å². The first-order valence-corrected chi connectivity index (χ1v) is 10.1. The molecule has 0 amide bonds. The third-order valence-electron chi connectivity index (χ3n) is 3.94. The summed E-state index contributed by atoms with van der Waals surface area (Å²) in [5, 5.41) is 3.23. The van der Waals surface area contributed by atoms with Crippen LogP contribution in [0, 0.1) is 0 Å². The molecule has 4 N–H and O–H groups in total. The van der Waals surface area contributed by atoms with Crippen LogP contribution in [0.5, 0.6) is 5.75 Å². The molecule has 2 aromatic carbocycles. The molecule has 1 unspecified atom stereocenters. The van der Waals surface area contributed by atoms with E-state index in [-0.39, 0.29) is 6.04 Å². The van der Waals surface area contributed by atoms with Crippen molar-refractivity contribution in [1.29, 1.82) is 0 Å². The summed E-state index contributed by atoms with van der Waals surface area (Å²) in [4.78, 5) is 4.36. The molecule has 26 heavy (non-hydrogen) atoms. The minimum absolute atomic E-state index is 0.0573. The third-order valence-corrected chi connectivity index (χ3v) is 4.55. The number of nitrogens with zero attached hydrogens (tertiary/aromatic N) is 1. The molecule has 8 heteroatoms. The summed E-state index contributed by atoms with van der Waals surface area (Å²) in [6, 6.07) is 15.0. The van der Waals surface area contributed by atoms with E-state index in [9.17, 15) is 8.42 Å². The highest BCUT2D eigenvalue weighted by Crippen LogP contribution is 2.31. The normalized spacial score (nSPS) is 17.1. The van der Waals surface area contributed by atoms with Crippen LogP contribution in [-0.2, 0) is 16.6 Å². The monoisotopic (exact) mass is 374 g/mol. The van der Waals surface area contributed by atoms with Crippen LogP contribution in [0.25, 0.3) is 0 Å². The van der Waals surface area contributed by atoms with Gasteiger partial charge in [-0.3, -0.25) is 4.72 Å². The number of hydrogen-bond acceptors (Lipinski definition) is 4. The summed E-state index contributed by atoms with van der Waals surface area (Å²) >= 11 is 0. The van der Waals surface area contributed by atoms with Crippen molar-refractivity contribution >= 4 is 21.7 Å². The van der Waals surface area contributed by atoms with Crippen LogP contribution in [0.2, 0.25) is 0 Å². The number of nitrogens with two attached hydrogens (primary N) is 1. The highest BCUT2D eigenvalue weighted by molar-refractivity contribution is 7.92. The molecule has 7 nitrogen and oxygen atoms in total. The van der Waals surface area contributed by atoms with Crippen LogP contribution in [-0.4, -0.2) is 27.2 Å². The molecular weight excluding hydrogens is 352 g/mol. The van der Waals surface area contributed by atoms with Crippen molar-refractivity contribution in [2.45, 2.75) is 19.0 Å². The van der Waals surface area contributed by atoms with Gasteiger partial charge in [-0.15, -0.1) is 0 Å². The fraction of sp³-hybridized carbons (Fsp3) is 0.278. The largest absolute Gasteiger partial charge is 0.493 e. The van der Waals surface area contributed by atoms with Crippen LogP contribution >= 0.6 is 0 Å². The smallest absolute Gasteiger partial charge is 0.229 e. The van der Waals surface area contributed by atoms with Crippen LogP contribution in [0.3, 0.4) is 0 Å². The van der Waals surface area contributed by atoms with Gasteiger partial charge < -0.3 is 15.8 Å². The van der Waals surface area contributed by atoms with Crippen molar-refractivity contribution < 1.29 is 13.2 Å². The van der Waals surface area contributed by atoms with Gasteiger partial charge in [0.2, 0.25) is 10.0 Å². The summed E-state index contributed by atoms with van der Waals surface area (Å²) in [7, 11) is -3.31. The van der Waals surface area contributed by atoms with Crippen molar-refractivity contribution in [1.82, 2.24) is 5.32 Å². The Morgan fingerprint density at radius 3 is 2.88 bits per heavy atom. The van der Waals surface area contributed by atoms with E-state index in [1.807, 2.05) is 30.3 Å². The van der Waals surface area contributed by atoms with Gasteiger partial charge >= 0.3 is 0 Å². The lowest BCUT2D eigenvalue weighted by Gasteiger charge is -2.26. The number of guanidine groups is 1. The van der Waals surface area contributed by atoms with E-state index in [0.717, 1.165) is 29.6 Å². The SMILES string of the molecule is CS(=O)(=O)Nc1cccc(CN=C(N)NC2CCOc3ccccc32)c1. The van der Waals surface area contributed by atoms with Gasteiger partial charge in [0, 0.05) is 17.7 Å². The van der Waals surface area contributed by atoms with Gasteiger partial charge in [0.1, 0.15) is 5.75 Å². The van der Waals surface area contributed by atoms with Gasteiger partial charge in [-0.1, -0.05) is 30.3 Å². The molecule has 0 spiro atoms. The Balaban J connectivity index is 1.65. The molecule has 0 saturated heterocycles. The van der Waals surface area contributed by atoms with Gasteiger partial charge in [-0.25, -0.2) is 13.4 Å². The highest BCUT2D eigenvalue weighted by Gasteiger charge is 2.21. The number of nitrogens with one attached hydrogen (secondary N) is 2. The molecule has 2 aromatic rings. The molecule has 0 bridgehead atoms. The Morgan fingerprint density at radius 2 is 2.08 bits per heavy atom. The summed E-state index contributed by atoms with van der Waals surface area (Å²) in [6.45, 7) is 0.976. The Labute approximate surface area is 153 Å². The number of ether oxygens (including phenoxy) is 1. The Hall–Kier alpha value is -2.74. The van der Waals surface area contributed by atoms with Crippen LogP contribution < -0.4 is 20.5 Å². The first-order chi connectivity index (χ1) is 12.4. The fourth-order valence-corrected chi connectivity index (χ4v) is 3.39. The molecule has 1 aliphatic heterocycles. The number of para-hydroxylation sites is 1. The molecule has 1 atom stereocenters. The second kappa shape index (κ2) is 7.65. The van der Waals surface area contributed by atoms with Crippen LogP contribution in [0.15, 0.2) is 53.5 Å². The zero-order valence-corrected chi connectivity index (χ0v) is 15.3. The quantitative estimate of drug-likeness (QED) is 0.548. The van der Waals surface area contributed by atoms with Crippen molar-refractivity contribution in [2.75, 3.05) is 17.6 Å². The maximum atomic E-state index is 11.3. The van der Waals surface area contributed by atoms with Gasteiger partial charge in [-0.2, -0.15) is 0 Å². The van der Waals surface area contributed by atoms with E-state index in [1.165, 1.54) is 0 Å². The lowest BCUT2D eigenvalue weighted by molar-refractivity contribution is 0.262. The summed E-state index contributed by atoms with van der Waals surface area (Å²) in [5.41, 5.74) is 8.46. The van der Waals surface area contributed by atoms with Crippen molar-refractivity contribution in [3.8, 4) is 5.75 Å². The number of sulfonamides is 1. The van der Waals surface area contributed by atoms with E-state index < -0.39 is 10.0 Å². The number of benzene rings is 2. The molecular formula is C18H22N4O3S. The lowest BCUT2D eigenvalue weighted by atomic mass is 10.0. The van der Waals surface area contributed by atoms with Crippen molar-refractivity contribution in [3.63, 3.8) is 0 Å². The first kappa shape index (κ1) is 18.1. The Bertz CT molecular complexity index is 912. The van der Waals surface area contributed by atoms with E-state index in [1.54, 1.807) is 18.2 Å². The number of anilines is 1. The predicted octanol–water partition coefficient (Wildman–Crippen LogP) is 1.99. The van der Waals surface area contributed by atoms with E-state index in [2.05, 4.69) is 15.0 Å². The molecule has 0 radical (unpaired) electrons. The number of hydrogen-bond donors (Lipinski definition) is 3. The number of fused-ring (bicyclic) bond motifs is 1. The molecule has 0 saturated carbocycles. The molecule has 0 fully saturated rings. The zero-order chi connectivity index (χ0) is 18.6.